The lowest BCUT2D eigenvalue weighted by Crippen LogP contribution is -2.87. The molecule has 0 spiro atoms. The number of rotatable bonds is 7. The zero-order valence-electron chi connectivity index (χ0n) is 18.9. The lowest BCUT2D eigenvalue weighted by molar-refractivity contribution is -0.690. The minimum atomic E-state index is 0.170. The van der Waals surface area contributed by atoms with Crippen LogP contribution in [-0.2, 0) is 13.0 Å². The van der Waals surface area contributed by atoms with Crippen LogP contribution in [0.15, 0.2) is 60.7 Å². The predicted octanol–water partition coefficient (Wildman–Crippen LogP) is 5.02. The Morgan fingerprint density at radius 2 is 1.91 bits per heavy atom. The molecule has 1 aliphatic heterocycles. The van der Waals surface area contributed by atoms with E-state index in [4.69, 9.17) is 25.8 Å². The van der Waals surface area contributed by atoms with Gasteiger partial charge in [0.25, 0.3) is 0 Å². The first-order valence-electron chi connectivity index (χ1n) is 11.3. The molecule has 33 heavy (non-hydrogen) atoms. The molecule has 5 rings (SSSR count). The molecule has 4 aromatic rings. The van der Waals surface area contributed by atoms with E-state index >= 15 is 0 Å². The third-order valence-corrected chi connectivity index (χ3v) is 6.59. The minimum absolute atomic E-state index is 0.170. The average Bonchev–Trinajstić information content (AvgIpc) is 3.22. The average molecular weight is 464 g/mol. The first-order valence-corrected chi connectivity index (χ1v) is 11.7. The first-order chi connectivity index (χ1) is 16.2. The Bertz CT molecular complexity index is 1280. The molecule has 1 atom stereocenters. The van der Waals surface area contributed by atoms with Gasteiger partial charge < -0.3 is 24.5 Å². The van der Waals surface area contributed by atoms with Gasteiger partial charge in [-0.3, -0.25) is 0 Å². The van der Waals surface area contributed by atoms with Gasteiger partial charge in [0.1, 0.15) is 12.4 Å². The zero-order chi connectivity index (χ0) is 22.8. The lowest BCUT2D eigenvalue weighted by Gasteiger charge is -2.22. The molecule has 0 saturated heterocycles. The van der Waals surface area contributed by atoms with Crippen LogP contribution in [0, 0.1) is 0 Å². The van der Waals surface area contributed by atoms with E-state index in [1.54, 1.807) is 7.11 Å². The van der Waals surface area contributed by atoms with Gasteiger partial charge in [-0.2, -0.15) is 0 Å². The topological polar surface area (TPSA) is 60.1 Å². The molecule has 0 aliphatic carbocycles. The van der Waals surface area contributed by atoms with Gasteiger partial charge >= 0.3 is 0 Å². The van der Waals surface area contributed by atoms with E-state index in [-0.39, 0.29) is 6.04 Å². The Labute approximate surface area is 198 Å². The number of H-pyrrole nitrogens is 1. The van der Waals surface area contributed by atoms with Crippen LogP contribution < -0.4 is 19.5 Å². The SMILES string of the molecule is CCOc1cc(C2[NH2+]CCc3c2[nH]c2ccc(OC)cc32)ccc1OCc1ccccc1Cl. The number of aromatic amines is 1. The highest BCUT2D eigenvalue weighted by molar-refractivity contribution is 6.31. The van der Waals surface area contributed by atoms with Crippen LogP contribution in [0.1, 0.15) is 35.3 Å². The number of halogens is 1. The van der Waals surface area contributed by atoms with Crippen LogP contribution >= 0.6 is 11.6 Å². The second kappa shape index (κ2) is 9.38. The number of aromatic nitrogens is 1. The molecule has 0 radical (unpaired) electrons. The van der Waals surface area contributed by atoms with Gasteiger partial charge in [0.2, 0.25) is 0 Å². The molecule has 2 heterocycles. The summed E-state index contributed by atoms with van der Waals surface area (Å²) in [6.45, 7) is 3.97. The largest absolute Gasteiger partial charge is 0.497 e. The Kier molecular flexibility index (Phi) is 6.16. The number of benzene rings is 3. The summed E-state index contributed by atoms with van der Waals surface area (Å²) in [7, 11) is 1.71. The van der Waals surface area contributed by atoms with Crippen molar-refractivity contribution in [1.29, 1.82) is 0 Å². The molecule has 0 bridgehead atoms. The van der Waals surface area contributed by atoms with E-state index in [0.29, 0.717) is 18.2 Å². The second-order valence-electron chi connectivity index (χ2n) is 8.20. The Morgan fingerprint density at radius 1 is 1.03 bits per heavy atom. The minimum Gasteiger partial charge on any atom is -0.497 e. The molecular formula is C27H28ClN2O3+. The van der Waals surface area contributed by atoms with Crippen molar-refractivity contribution >= 4 is 22.5 Å². The summed E-state index contributed by atoms with van der Waals surface area (Å²) in [6.07, 6.45) is 1.02. The van der Waals surface area contributed by atoms with Crippen molar-refractivity contribution in [2.75, 3.05) is 20.3 Å². The molecule has 3 aromatic carbocycles. The highest BCUT2D eigenvalue weighted by atomic mass is 35.5. The fourth-order valence-corrected chi connectivity index (χ4v) is 4.79. The zero-order valence-corrected chi connectivity index (χ0v) is 19.6. The van der Waals surface area contributed by atoms with Crippen LogP contribution in [0.3, 0.4) is 0 Å². The van der Waals surface area contributed by atoms with Gasteiger partial charge in [-0.1, -0.05) is 29.8 Å². The Balaban J connectivity index is 1.46. The number of methoxy groups -OCH3 is 1. The maximum atomic E-state index is 6.29. The fraction of sp³-hybridized carbons (Fsp3) is 0.259. The van der Waals surface area contributed by atoms with Crippen molar-refractivity contribution in [1.82, 2.24) is 4.98 Å². The molecule has 1 aliphatic rings. The van der Waals surface area contributed by atoms with E-state index in [2.05, 4.69) is 34.6 Å². The molecule has 1 aromatic heterocycles. The van der Waals surface area contributed by atoms with Gasteiger partial charge in [-0.05, 0) is 55.0 Å². The fourth-order valence-electron chi connectivity index (χ4n) is 4.60. The van der Waals surface area contributed by atoms with Gasteiger partial charge in [-0.25, -0.2) is 0 Å². The Morgan fingerprint density at radius 3 is 2.73 bits per heavy atom. The standard InChI is InChI=1S/C27H27ClN2O3/c1-3-32-25-14-17(8-11-24(25)33-16-18-6-4-5-7-22(18)28)26-27-20(12-13-29-26)21-15-19(31-2)9-10-23(21)30-27/h4-11,14-15,26,29-30H,3,12-13,16H2,1-2H3/p+1. The highest BCUT2D eigenvalue weighted by Gasteiger charge is 2.29. The van der Waals surface area contributed by atoms with Gasteiger partial charge in [0.15, 0.2) is 17.5 Å². The number of fused-ring (bicyclic) bond motifs is 3. The van der Waals surface area contributed by atoms with Crippen molar-refractivity contribution in [2.45, 2.75) is 26.0 Å². The predicted molar refractivity (Wildman–Crippen MR) is 131 cm³/mol. The van der Waals surface area contributed by atoms with Gasteiger partial charge in [0.05, 0.1) is 26.0 Å². The molecule has 170 valence electrons. The third kappa shape index (κ3) is 4.26. The van der Waals surface area contributed by atoms with Crippen LogP contribution in [0.5, 0.6) is 17.2 Å². The molecule has 3 N–H and O–H groups in total. The van der Waals surface area contributed by atoms with Crippen LogP contribution in [0.4, 0.5) is 0 Å². The number of ether oxygens (including phenoxy) is 3. The van der Waals surface area contributed by atoms with Crippen molar-refractivity contribution in [3.05, 3.63) is 88.1 Å². The summed E-state index contributed by atoms with van der Waals surface area (Å²) >= 11 is 6.29. The summed E-state index contributed by atoms with van der Waals surface area (Å²) in [5, 5.41) is 4.32. The highest BCUT2D eigenvalue weighted by Crippen LogP contribution is 2.36. The third-order valence-electron chi connectivity index (χ3n) is 6.22. The smallest absolute Gasteiger partial charge is 0.161 e. The Hall–Kier alpha value is -3.15. The van der Waals surface area contributed by atoms with Crippen molar-refractivity contribution in [3.63, 3.8) is 0 Å². The second-order valence-corrected chi connectivity index (χ2v) is 8.61. The van der Waals surface area contributed by atoms with Gasteiger partial charge in [0, 0.05) is 33.5 Å². The summed E-state index contributed by atoms with van der Waals surface area (Å²) in [5.41, 5.74) is 5.89. The summed E-state index contributed by atoms with van der Waals surface area (Å²) < 4.78 is 17.5. The van der Waals surface area contributed by atoms with Crippen molar-refractivity contribution < 1.29 is 19.5 Å². The molecule has 0 amide bonds. The normalized spacial score (nSPS) is 15.3. The van der Waals surface area contributed by atoms with E-state index in [1.807, 2.05) is 43.3 Å². The molecular weight excluding hydrogens is 436 g/mol. The number of quaternary nitrogens is 1. The summed E-state index contributed by atoms with van der Waals surface area (Å²) in [6, 6.07) is 20.4. The summed E-state index contributed by atoms with van der Waals surface area (Å²) in [4.78, 5) is 3.66. The van der Waals surface area contributed by atoms with Crippen molar-refractivity contribution in [2.24, 2.45) is 0 Å². The maximum absolute atomic E-state index is 6.29. The number of nitrogens with one attached hydrogen (secondary N) is 1. The lowest BCUT2D eigenvalue weighted by atomic mass is 9.94. The van der Waals surface area contributed by atoms with Crippen molar-refractivity contribution in [3.8, 4) is 17.2 Å². The number of hydrogen-bond acceptors (Lipinski definition) is 3. The van der Waals surface area contributed by atoms with Gasteiger partial charge in [-0.15, -0.1) is 0 Å². The number of nitrogens with two attached hydrogens (primary N) is 1. The maximum Gasteiger partial charge on any atom is 0.161 e. The molecule has 1 unspecified atom stereocenters. The van der Waals surface area contributed by atoms with Crippen LogP contribution in [0.25, 0.3) is 10.9 Å². The van der Waals surface area contributed by atoms with E-state index in [0.717, 1.165) is 41.3 Å². The van der Waals surface area contributed by atoms with Crippen LogP contribution in [-0.4, -0.2) is 25.2 Å². The molecule has 6 heteroatoms. The van der Waals surface area contributed by atoms with E-state index in [9.17, 15) is 0 Å². The number of hydrogen-bond donors (Lipinski definition) is 2. The van der Waals surface area contributed by atoms with E-state index in [1.165, 1.54) is 22.2 Å². The van der Waals surface area contributed by atoms with E-state index < -0.39 is 0 Å². The first kappa shape index (κ1) is 21.7. The monoisotopic (exact) mass is 463 g/mol. The van der Waals surface area contributed by atoms with Crippen LogP contribution in [0.2, 0.25) is 5.02 Å². The summed E-state index contributed by atoms with van der Waals surface area (Å²) in [5.74, 6) is 2.35. The molecule has 0 fully saturated rings. The molecule has 5 nitrogen and oxygen atoms in total. The quantitative estimate of drug-likeness (QED) is 0.404. The molecule has 0 saturated carbocycles.